The molecule has 0 bridgehead atoms. The maximum absolute atomic E-state index is 10.2. The van der Waals surface area contributed by atoms with Crippen LogP contribution >= 0.6 is 0 Å². The number of piperidine rings is 2. The maximum Gasteiger partial charge on any atom is 0.133 e. The molecule has 1 aromatic heterocycles. The normalized spacial score (nSPS) is 22.5. The van der Waals surface area contributed by atoms with Crippen LogP contribution in [0, 0.1) is 6.92 Å². The van der Waals surface area contributed by atoms with Gasteiger partial charge in [-0.2, -0.15) is 0 Å². The van der Waals surface area contributed by atoms with Gasteiger partial charge in [0.2, 0.25) is 0 Å². The lowest BCUT2D eigenvalue weighted by Gasteiger charge is -2.35. The molecule has 1 N–H and O–H groups in total. The van der Waals surface area contributed by atoms with Gasteiger partial charge in [-0.1, -0.05) is 11.6 Å². The largest absolute Gasteiger partial charge is 0.391 e. The molecule has 0 amide bonds. The van der Waals surface area contributed by atoms with E-state index in [1.165, 1.54) is 16.5 Å². The van der Waals surface area contributed by atoms with E-state index < -0.39 is 0 Å². The van der Waals surface area contributed by atoms with Crippen LogP contribution in [0.1, 0.15) is 36.8 Å². The second-order valence-electron chi connectivity index (χ2n) is 8.12. The molecular weight excluding hydrogens is 338 g/mol. The molecule has 3 heterocycles. The minimum absolute atomic E-state index is 0.250. The zero-order chi connectivity index (χ0) is 18.8. The van der Waals surface area contributed by atoms with Crippen molar-refractivity contribution in [3.05, 3.63) is 35.4 Å². The number of aromatic nitrogens is 1. The molecule has 0 unspecified atom stereocenters. The lowest BCUT2D eigenvalue weighted by molar-refractivity contribution is 0.0388. The Morgan fingerprint density at radius 3 is 2.70 bits per heavy atom. The Morgan fingerprint density at radius 2 is 1.96 bits per heavy atom. The van der Waals surface area contributed by atoms with Gasteiger partial charge in [0.15, 0.2) is 0 Å². The molecule has 5 heteroatoms. The highest BCUT2D eigenvalue weighted by Crippen LogP contribution is 2.29. The van der Waals surface area contributed by atoms with Crippen molar-refractivity contribution in [1.29, 1.82) is 0 Å². The molecule has 2 saturated heterocycles. The number of aryl methyl sites for hydroxylation is 1. The van der Waals surface area contributed by atoms with Gasteiger partial charge in [0.1, 0.15) is 5.82 Å². The molecule has 1 aromatic carbocycles. The topological polar surface area (TPSA) is 48.8 Å². The first-order valence-electron chi connectivity index (χ1n) is 10.2. The standard InChI is InChI=1S/C22H31N3O2/c1-16-5-6-21-17(12-16)13-18(14-24-10-7-20(27-2)8-11-24)22(23-21)25-9-3-4-19(26)15-25/h5-6,12-13,19-20,26H,3-4,7-11,14-15H2,1-2H3/t19-/m0/s1. The predicted molar refractivity (Wildman–Crippen MR) is 109 cm³/mol. The molecule has 1 atom stereocenters. The molecule has 0 saturated carbocycles. The number of nitrogens with zero attached hydrogens (tertiary/aromatic N) is 3. The third-order valence-corrected chi connectivity index (χ3v) is 5.98. The number of aliphatic hydroxyl groups is 1. The number of likely N-dealkylation sites (tertiary alicyclic amines) is 1. The number of rotatable bonds is 4. The van der Waals surface area contributed by atoms with Crippen molar-refractivity contribution < 1.29 is 9.84 Å². The molecule has 2 aliphatic heterocycles. The zero-order valence-electron chi connectivity index (χ0n) is 16.5. The van der Waals surface area contributed by atoms with E-state index in [2.05, 4.69) is 41.0 Å². The Morgan fingerprint density at radius 1 is 1.15 bits per heavy atom. The number of hydrogen-bond donors (Lipinski definition) is 1. The average molecular weight is 370 g/mol. The first kappa shape index (κ1) is 18.7. The first-order valence-corrected chi connectivity index (χ1v) is 10.2. The van der Waals surface area contributed by atoms with Gasteiger partial charge in [-0.05, 0) is 50.8 Å². The number of β-amino-alcohol motifs (C(OH)–C–C–N with tert-alkyl or cyclic N) is 1. The summed E-state index contributed by atoms with van der Waals surface area (Å²) in [5, 5.41) is 11.4. The average Bonchev–Trinajstić information content (AvgIpc) is 2.68. The fourth-order valence-corrected chi connectivity index (χ4v) is 4.41. The Bertz CT molecular complexity index is 786. The highest BCUT2D eigenvalue weighted by atomic mass is 16.5. The van der Waals surface area contributed by atoms with Crippen molar-refractivity contribution in [1.82, 2.24) is 9.88 Å². The van der Waals surface area contributed by atoms with E-state index in [0.29, 0.717) is 12.6 Å². The monoisotopic (exact) mass is 369 g/mol. The predicted octanol–water partition coefficient (Wildman–Crippen LogP) is 3.12. The third-order valence-electron chi connectivity index (χ3n) is 5.98. The molecule has 0 radical (unpaired) electrons. The van der Waals surface area contributed by atoms with E-state index in [-0.39, 0.29) is 6.10 Å². The van der Waals surface area contributed by atoms with Crippen LogP contribution in [0.3, 0.4) is 0 Å². The lowest BCUT2D eigenvalue weighted by Crippen LogP contribution is -2.40. The highest BCUT2D eigenvalue weighted by Gasteiger charge is 2.24. The van der Waals surface area contributed by atoms with Crippen molar-refractivity contribution in [2.45, 2.75) is 51.4 Å². The Labute approximate surface area is 161 Å². The summed E-state index contributed by atoms with van der Waals surface area (Å²) in [6.45, 7) is 6.82. The summed E-state index contributed by atoms with van der Waals surface area (Å²) < 4.78 is 5.52. The number of ether oxygens (including phenoxy) is 1. The molecule has 146 valence electrons. The highest BCUT2D eigenvalue weighted by molar-refractivity contribution is 5.82. The summed E-state index contributed by atoms with van der Waals surface area (Å²) >= 11 is 0. The molecule has 2 fully saturated rings. The molecule has 2 aliphatic rings. The first-order chi connectivity index (χ1) is 13.1. The Kier molecular flexibility index (Phi) is 5.62. The van der Waals surface area contributed by atoms with Gasteiger partial charge in [0.25, 0.3) is 0 Å². The van der Waals surface area contributed by atoms with Gasteiger partial charge in [-0.15, -0.1) is 0 Å². The molecule has 0 aliphatic carbocycles. The van der Waals surface area contributed by atoms with Gasteiger partial charge in [-0.25, -0.2) is 4.98 Å². The summed E-state index contributed by atoms with van der Waals surface area (Å²) in [5.41, 5.74) is 3.58. The number of hydrogen-bond acceptors (Lipinski definition) is 5. The summed E-state index contributed by atoms with van der Waals surface area (Å²) in [4.78, 5) is 9.83. The molecule has 4 rings (SSSR count). The number of benzene rings is 1. The number of fused-ring (bicyclic) bond motifs is 1. The third kappa shape index (κ3) is 4.26. The van der Waals surface area contributed by atoms with Crippen molar-refractivity contribution in [2.75, 3.05) is 38.2 Å². The van der Waals surface area contributed by atoms with Gasteiger partial charge in [0.05, 0.1) is 17.7 Å². The van der Waals surface area contributed by atoms with E-state index in [4.69, 9.17) is 9.72 Å². The quantitative estimate of drug-likeness (QED) is 0.897. The molecule has 0 spiro atoms. The SMILES string of the molecule is COC1CCN(Cc2cc3cc(C)ccc3nc2N2CCC[C@H](O)C2)CC1. The van der Waals surface area contributed by atoms with E-state index in [0.717, 1.165) is 63.2 Å². The van der Waals surface area contributed by atoms with Gasteiger partial charge < -0.3 is 14.7 Å². The summed E-state index contributed by atoms with van der Waals surface area (Å²) in [5.74, 6) is 1.05. The second kappa shape index (κ2) is 8.13. The fourth-order valence-electron chi connectivity index (χ4n) is 4.41. The van der Waals surface area contributed by atoms with Crippen LogP contribution in [0.15, 0.2) is 24.3 Å². The van der Waals surface area contributed by atoms with Crippen molar-refractivity contribution in [2.24, 2.45) is 0 Å². The minimum Gasteiger partial charge on any atom is -0.391 e. The summed E-state index contributed by atoms with van der Waals surface area (Å²) in [6, 6.07) is 8.77. The molecule has 5 nitrogen and oxygen atoms in total. The number of anilines is 1. The van der Waals surface area contributed by atoms with E-state index in [1.807, 2.05) is 7.11 Å². The van der Waals surface area contributed by atoms with E-state index in [1.54, 1.807) is 0 Å². The number of pyridine rings is 1. The van der Waals surface area contributed by atoms with Crippen LogP contribution in [0.4, 0.5) is 5.82 Å². The van der Waals surface area contributed by atoms with E-state index in [9.17, 15) is 5.11 Å². The molecular formula is C22H31N3O2. The number of methoxy groups -OCH3 is 1. The van der Waals surface area contributed by atoms with Crippen LogP contribution in [-0.2, 0) is 11.3 Å². The number of aliphatic hydroxyl groups excluding tert-OH is 1. The summed E-state index contributed by atoms with van der Waals surface area (Å²) in [6.07, 6.45) is 4.24. The lowest BCUT2D eigenvalue weighted by atomic mass is 10.0. The Hall–Kier alpha value is -1.69. The zero-order valence-corrected chi connectivity index (χ0v) is 16.5. The van der Waals surface area contributed by atoms with Crippen LogP contribution in [0.25, 0.3) is 10.9 Å². The van der Waals surface area contributed by atoms with Crippen LogP contribution < -0.4 is 4.90 Å². The van der Waals surface area contributed by atoms with Crippen molar-refractivity contribution in [3.63, 3.8) is 0 Å². The minimum atomic E-state index is -0.250. The van der Waals surface area contributed by atoms with Crippen LogP contribution in [0.2, 0.25) is 0 Å². The molecule has 2 aromatic rings. The fraction of sp³-hybridized carbons (Fsp3) is 0.591. The van der Waals surface area contributed by atoms with Gasteiger partial charge in [0, 0.05) is 50.8 Å². The molecule has 27 heavy (non-hydrogen) atoms. The second-order valence-corrected chi connectivity index (χ2v) is 8.12. The smallest absolute Gasteiger partial charge is 0.133 e. The Balaban J connectivity index is 1.64. The van der Waals surface area contributed by atoms with Crippen LogP contribution in [-0.4, -0.2) is 60.5 Å². The van der Waals surface area contributed by atoms with Crippen molar-refractivity contribution in [3.8, 4) is 0 Å². The maximum atomic E-state index is 10.2. The van der Waals surface area contributed by atoms with Gasteiger partial charge in [-0.3, -0.25) is 4.90 Å². The van der Waals surface area contributed by atoms with Crippen molar-refractivity contribution >= 4 is 16.7 Å². The van der Waals surface area contributed by atoms with Crippen LogP contribution in [0.5, 0.6) is 0 Å². The summed E-state index contributed by atoms with van der Waals surface area (Å²) in [7, 11) is 1.82. The van der Waals surface area contributed by atoms with E-state index >= 15 is 0 Å². The van der Waals surface area contributed by atoms with Gasteiger partial charge >= 0.3 is 0 Å².